The van der Waals surface area contributed by atoms with E-state index in [1.165, 1.54) is 0 Å². The average Bonchev–Trinajstić information content (AvgIpc) is 2.46. The molecule has 19 heavy (non-hydrogen) atoms. The molecule has 0 N–H and O–H groups in total. The third kappa shape index (κ3) is 2.03. The Morgan fingerprint density at radius 1 is 0.895 bits per heavy atom. The highest BCUT2D eigenvalue weighted by molar-refractivity contribution is 6.07. The zero-order valence-corrected chi connectivity index (χ0v) is 10.2. The molecule has 1 heterocycles. The van der Waals surface area contributed by atoms with Crippen molar-refractivity contribution in [2.24, 2.45) is 0 Å². The van der Waals surface area contributed by atoms with Gasteiger partial charge in [0.25, 0.3) is 0 Å². The van der Waals surface area contributed by atoms with Crippen LogP contribution < -0.4 is 0 Å². The zero-order valence-electron chi connectivity index (χ0n) is 10.2. The van der Waals surface area contributed by atoms with Crippen LogP contribution in [0.2, 0.25) is 0 Å². The quantitative estimate of drug-likeness (QED) is 0.623. The Balaban J connectivity index is 1.87. The monoisotopic (exact) mass is 252 g/mol. The Morgan fingerprint density at radius 2 is 1.47 bits per heavy atom. The average molecular weight is 252 g/mol. The lowest BCUT2D eigenvalue weighted by molar-refractivity contribution is -0.169. The van der Waals surface area contributed by atoms with Gasteiger partial charge in [-0.3, -0.25) is 9.59 Å². The van der Waals surface area contributed by atoms with Crippen molar-refractivity contribution in [2.75, 3.05) is 0 Å². The number of ether oxygens (including phenoxy) is 1. The van der Waals surface area contributed by atoms with Crippen LogP contribution in [0.15, 0.2) is 60.7 Å². The fourth-order valence-electron chi connectivity index (χ4n) is 2.26. The van der Waals surface area contributed by atoms with Crippen molar-refractivity contribution in [3.63, 3.8) is 0 Å². The van der Waals surface area contributed by atoms with Gasteiger partial charge in [-0.2, -0.15) is 0 Å². The van der Waals surface area contributed by atoms with Gasteiger partial charge in [0.1, 0.15) is 5.92 Å². The van der Waals surface area contributed by atoms with Gasteiger partial charge < -0.3 is 4.74 Å². The molecule has 0 amide bonds. The van der Waals surface area contributed by atoms with E-state index in [9.17, 15) is 9.59 Å². The summed E-state index contributed by atoms with van der Waals surface area (Å²) in [5, 5.41) is 0. The zero-order chi connectivity index (χ0) is 13.2. The molecule has 2 atom stereocenters. The number of carbonyl (C=O) groups is 2. The number of Topliss-reactive ketones (excluding diaryl/α,β-unsaturated/α-hetero) is 1. The summed E-state index contributed by atoms with van der Waals surface area (Å²) in [5.74, 6) is -0.955. The second kappa shape index (κ2) is 4.69. The van der Waals surface area contributed by atoms with Gasteiger partial charge in [-0.05, 0) is 5.56 Å². The first-order chi connectivity index (χ1) is 9.27. The van der Waals surface area contributed by atoms with E-state index in [2.05, 4.69) is 0 Å². The SMILES string of the molecule is O=C(c1ccccc1)[C@H]1OC(=O)[C@H]1c1ccccc1. The molecule has 3 rings (SSSR count). The maximum absolute atomic E-state index is 12.3. The van der Waals surface area contributed by atoms with Crippen molar-refractivity contribution >= 4 is 11.8 Å². The molecule has 0 spiro atoms. The van der Waals surface area contributed by atoms with Crippen LogP contribution in [0.5, 0.6) is 0 Å². The molecule has 94 valence electrons. The van der Waals surface area contributed by atoms with Crippen LogP contribution in [0.25, 0.3) is 0 Å². The molecule has 1 fully saturated rings. The summed E-state index contributed by atoms with van der Waals surface area (Å²) in [6.45, 7) is 0. The molecule has 0 aromatic heterocycles. The van der Waals surface area contributed by atoms with E-state index < -0.39 is 12.0 Å². The highest BCUT2D eigenvalue weighted by Gasteiger charge is 2.48. The maximum Gasteiger partial charge on any atom is 0.318 e. The fraction of sp³-hybridized carbons (Fsp3) is 0.125. The molecule has 0 bridgehead atoms. The van der Waals surface area contributed by atoms with Gasteiger partial charge in [0, 0.05) is 5.56 Å². The molecule has 1 aliphatic heterocycles. The standard InChI is InChI=1S/C16H12O3/c17-14(12-9-5-2-6-10-12)15-13(16(18)19-15)11-7-3-1-4-8-11/h1-10,13,15H/t13-,15-/m0/s1. The molecule has 0 aliphatic carbocycles. The maximum atomic E-state index is 12.3. The smallest absolute Gasteiger partial charge is 0.318 e. The van der Waals surface area contributed by atoms with Crippen LogP contribution in [0.3, 0.4) is 0 Å². The fourth-order valence-corrected chi connectivity index (χ4v) is 2.26. The van der Waals surface area contributed by atoms with Crippen LogP contribution in [0.4, 0.5) is 0 Å². The number of ketones is 1. The summed E-state index contributed by atoms with van der Waals surface area (Å²) in [6.07, 6.45) is -0.697. The minimum atomic E-state index is -0.697. The van der Waals surface area contributed by atoms with Gasteiger partial charge in [0.2, 0.25) is 5.78 Å². The van der Waals surface area contributed by atoms with Crippen LogP contribution in [-0.2, 0) is 9.53 Å². The van der Waals surface area contributed by atoms with Gasteiger partial charge >= 0.3 is 5.97 Å². The predicted molar refractivity (Wildman–Crippen MR) is 69.8 cm³/mol. The van der Waals surface area contributed by atoms with Crippen molar-refractivity contribution in [2.45, 2.75) is 12.0 Å². The van der Waals surface area contributed by atoms with Crippen molar-refractivity contribution in [3.05, 3.63) is 71.8 Å². The number of hydrogen-bond donors (Lipinski definition) is 0. The van der Waals surface area contributed by atoms with Gasteiger partial charge in [0.15, 0.2) is 6.10 Å². The molecule has 2 aromatic carbocycles. The molecule has 1 saturated heterocycles. The van der Waals surface area contributed by atoms with Gasteiger partial charge in [-0.25, -0.2) is 0 Å². The van der Waals surface area contributed by atoms with Gasteiger partial charge in [0.05, 0.1) is 0 Å². The minimum absolute atomic E-state index is 0.144. The summed E-state index contributed by atoms with van der Waals surface area (Å²) in [7, 11) is 0. The van der Waals surface area contributed by atoms with E-state index in [-0.39, 0.29) is 11.8 Å². The number of carbonyl (C=O) groups excluding carboxylic acids is 2. The second-order valence-corrected chi connectivity index (χ2v) is 4.48. The number of cyclic esters (lactones) is 1. The van der Waals surface area contributed by atoms with E-state index in [4.69, 9.17) is 4.74 Å². The first-order valence-corrected chi connectivity index (χ1v) is 6.12. The van der Waals surface area contributed by atoms with Gasteiger partial charge in [-0.1, -0.05) is 60.7 Å². The highest BCUT2D eigenvalue weighted by Crippen LogP contribution is 2.34. The molecule has 3 heteroatoms. The van der Waals surface area contributed by atoms with Crippen LogP contribution in [0.1, 0.15) is 21.8 Å². The molecule has 2 aromatic rings. The van der Waals surface area contributed by atoms with E-state index in [0.717, 1.165) is 5.56 Å². The third-order valence-corrected chi connectivity index (χ3v) is 3.28. The Labute approximate surface area is 110 Å². The van der Waals surface area contributed by atoms with Crippen LogP contribution in [-0.4, -0.2) is 17.9 Å². The van der Waals surface area contributed by atoms with Crippen molar-refractivity contribution in [3.8, 4) is 0 Å². The van der Waals surface area contributed by atoms with Crippen molar-refractivity contribution in [1.29, 1.82) is 0 Å². The second-order valence-electron chi connectivity index (χ2n) is 4.48. The summed E-state index contributed by atoms with van der Waals surface area (Å²) >= 11 is 0. The molecular formula is C16H12O3. The topological polar surface area (TPSA) is 43.4 Å². The predicted octanol–water partition coefficient (Wildman–Crippen LogP) is 2.58. The van der Waals surface area contributed by atoms with Crippen LogP contribution in [0, 0.1) is 0 Å². The van der Waals surface area contributed by atoms with E-state index >= 15 is 0 Å². The van der Waals surface area contributed by atoms with Crippen LogP contribution >= 0.6 is 0 Å². The summed E-state index contributed by atoms with van der Waals surface area (Å²) in [6, 6.07) is 18.2. The normalized spacial score (nSPS) is 21.4. The first-order valence-electron chi connectivity index (χ1n) is 6.12. The Hall–Kier alpha value is -2.42. The summed E-state index contributed by atoms with van der Waals surface area (Å²) in [4.78, 5) is 23.9. The molecule has 0 radical (unpaired) electrons. The van der Waals surface area contributed by atoms with Crippen molar-refractivity contribution < 1.29 is 14.3 Å². The lowest BCUT2D eigenvalue weighted by Gasteiger charge is -2.34. The highest BCUT2D eigenvalue weighted by atomic mass is 16.6. The van der Waals surface area contributed by atoms with E-state index in [1.54, 1.807) is 24.3 Å². The molecule has 0 unspecified atom stereocenters. The summed E-state index contributed by atoms with van der Waals surface area (Å²) < 4.78 is 5.03. The Kier molecular flexibility index (Phi) is 2.88. The molecule has 1 aliphatic rings. The Bertz CT molecular complexity index is 604. The molecule has 3 nitrogen and oxygen atoms in total. The largest absolute Gasteiger partial charge is 0.452 e. The number of esters is 1. The van der Waals surface area contributed by atoms with E-state index in [1.807, 2.05) is 36.4 Å². The molecule has 0 saturated carbocycles. The summed E-state index contributed by atoms with van der Waals surface area (Å²) in [5.41, 5.74) is 1.40. The minimum Gasteiger partial charge on any atom is -0.452 e. The lowest BCUT2D eigenvalue weighted by Crippen LogP contribution is -2.48. The number of rotatable bonds is 3. The van der Waals surface area contributed by atoms with Gasteiger partial charge in [-0.15, -0.1) is 0 Å². The molecular weight excluding hydrogens is 240 g/mol. The number of benzene rings is 2. The van der Waals surface area contributed by atoms with E-state index in [0.29, 0.717) is 5.56 Å². The number of hydrogen-bond acceptors (Lipinski definition) is 3. The van der Waals surface area contributed by atoms with Crippen molar-refractivity contribution in [1.82, 2.24) is 0 Å². The lowest BCUT2D eigenvalue weighted by atomic mass is 9.85. The third-order valence-electron chi connectivity index (χ3n) is 3.28. The first kappa shape index (κ1) is 11.7. The Morgan fingerprint density at radius 3 is 2.05 bits per heavy atom.